The molecule has 1 N–H and O–H groups in total. The number of amides is 2. The van der Waals surface area contributed by atoms with Gasteiger partial charge in [-0.15, -0.1) is 0 Å². The van der Waals surface area contributed by atoms with Gasteiger partial charge in [0, 0.05) is 65.6 Å². The van der Waals surface area contributed by atoms with Crippen LogP contribution in [-0.2, 0) is 4.74 Å². The first kappa shape index (κ1) is 27.4. The van der Waals surface area contributed by atoms with E-state index in [1.165, 1.54) is 0 Å². The van der Waals surface area contributed by atoms with Crippen molar-refractivity contribution in [1.82, 2.24) is 14.8 Å². The Labute approximate surface area is 235 Å². The molecular weight excluding hydrogens is 508 g/mol. The average Bonchev–Trinajstić information content (AvgIpc) is 3.06. The first-order valence-electron chi connectivity index (χ1n) is 13.6. The summed E-state index contributed by atoms with van der Waals surface area (Å²) in [6.45, 7) is 6.95. The molecule has 2 aliphatic heterocycles. The highest BCUT2D eigenvalue weighted by atomic mass is 16.5. The molecule has 210 valence electrons. The zero-order valence-corrected chi connectivity index (χ0v) is 23.5. The molecule has 3 aromatic rings. The van der Waals surface area contributed by atoms with Crippen molar-refractivity contribution in [3.63, 3.8) is 0 Å². The molecule has 0 atom stereocenters. The number of para-hydroxylation sites is 1. The normalized spacial score (nSPS) is 15.4. The summed E-state index contributed by atoms with van der Waals surface area (Å²) in [5, 5.41) is 3.36. The van der Waals surface area contributed by atoms with E-state index in [-0.39, 0.29) is 11.8 Å². The number of ether oxygens (including phenoxy) is 2. The quantitative estimate of drug-likeness (QED) is 0.456. The lowest BCUT2D eigenvalue weighted by Crippen LogP contribution is -2.49. The highest BCUT2D eigenvalue weighted by Crippen LogP contribution is 2.40. The molecular formula is C30H36N6O4. The molecule has 5 rings (SSSR count). The van der Waals surface area contributed by atoms with E-state index >= 15 is 0 Å². The number of aromatic nitrogens is 1. The second kappa shape index (κ2) is 11.9. The van der Waals surface area contributed by atoms with Gasteiger partial charge in [0.25, 0.3) is 11.8 Å². The minimum atomic E-state index is -0.0843. The lowest BCUT2D eigenvalue weighted by atomic mass is 10.1. The van der Waals surface area contributed by atoms with E-state index in [0.29, 0.717) is 60.4 Å². The maximum Gasteiger partial charge on any atom is 0.260 e. The highest BCUT2D eigenvalue weighted by molar-refractivity contribution is 6.13. The second-order valence-electron chi connectivity index (χ2n) is 9.89. The summed E-state index contributed by atoms with van der Waals surface area (Å²) in [5.74, 6) is 1.09. The molecule has 40 heavy (non-hydrogen) atoms. The van der Waals surface area contributed by atoms with Gasteiger partial charge >= 0.3 is 0 Å². The topological polar surface area (TPSA) is 90.5 Å². The van der Waals surface area contributed by atoms with Gasteiger partial charge in [-0.1, -0.05) is 12.1 Å². The van der Waals surface area contributed by atoms with Crippen molar-refractivity contribution in [1.29, 1.82) is 0 Å². The minimum absolute atomic E-state index is 0.00459. The van der Waals surface area contributed by atoms with E-state index in [9.17, 15) is 9.59 Å². The van der Waals surface area contributed by atoms with Crippen molar-refractivity contribution in [2.45, 2.75) is 6.92 Å². The van der Waals surface area contributed by atoms with E-state index in [1.54, 1.807) is 31.3 Å². The van der Waals surface area contributed by atoms with Gasteiger partial charge in [-0.3, -0.25) is 14.5 Å². The molecule has 0 radical (unpaired) electrons. The first-order chi connectivity index (χ1) is 19.4. The number of carbonyl (C=O) groups is 2. The van der Waals surface area contributed by atoms with Crippen LogP contribution in [0.25, 0.3) is 0 Å². The molecule has 0 bridgehead atoms. The Balaban J connectivity index is 1.37. The fraction of sp³-hybridized carbons (Fsp3) is 0.367. The Morgan fingerprint density at radius 3 is 2.50 bits per heavy atom. The predicted molar refractivity (Wildman–Crippen MR) is 157 cm³/mol. The largest absolute Gasteiger partial charge is 0.492 e. The zero-order chi connectivity index (χ0) is 28.2. The lowest BCUT2D eigenvalue weighted by molar-refractivity contribution is 0.0593. The van der Waals surface area contributed by atoms with E-state index in [4.69, 9.17) is 9.47 Å². The van der Waals surface area contributed by atoms with E-state index in [1.807, 2.05) is 66.2 Å². The highest BCUT2D eigenvalue weighted by Gasteiger charge is 2.28. The third kappa shape index (κ3) is 5.45. The third-order valence-electron chi connectivity index (χ3n) is 7.45. The average molecular weight is 545 g/mol. The van der Waals surface area contributed by atoms with Crippen molar-refractivity contribution >= 4 is 40.4 Å². The third-order valence-corrected chi connectivity index (χ3v) is 7.45. The summed E-state index contributed by atoms with van der Waals surface area (Å²) >= 11 is 0. The smallest absolute Gasteiger partial charge is 0.260 e. The van der Waals surface area contributed by atoms with Crippen molar-refractivity contribution in [2.75, 3.05) is 82.3 Å². The van der Waals surface area contributed by atoms with Crippen LogP contribution in [0.4, 0.5) is 28.6 Å². The molecule has 2 amide bonds. The molecule has 10 nitrogen and oxygen atoms in total. The van der Waals surface area contributed by atoms with Crippen molar-refractivity contribution in [3.8, 4) is 5.75 Å². The van der Waals surface area contributed by atoms with Gasteiger partial charge in [0.15, 0.2) is 0 Å². The number of nitrogens with zero attached hydrogens (tertiary/aromatic N) is 5. The summed E-state index contributed by atoms with van der Waals surface area (Å²) in [6.07, 6.45) is 1.70. The molecule has 1 saturated heterocycles. The van der Waals surface area contributed by atoms with Crippen molar-refractivity contribution in [2.24, 2.45) is 0 Å². The lowest BCUT2D eigenvalue weighted by Gasteiger charge is -2.34. The number of anilines is 5. The number of benzene rings is 2. The Morgan fingerprint density at radius 2 is 1.75 bits per heavy atom. The Bertz CT molecular complexity index is 1390. The van der Waals surface area contributed by atoms with Gasteiger partial charge in [-0.25, -0.2) is 4.98 Å². The van der Waals surface area contributed by atoms with Crippen LogP contribution in [-0.4, -0.2) is 93.7 Å². The van der Waals surface area contributed by atoms with Gasteiger partial charge in [-0.2, -0.15) is 0 Å². The Kier molecular flexibility index (Phi) is 8.18. The van der Waals surface area contributed by atoms with Gasteiger partial charge in [0.1, 0.15) is 11.6 Å². The number of pyridine rings is 1. The molecule has 0 unspecified atom stereocenters. The van der Waals surface area contributed by atoms with Crippen LogP contribution in [0.1, 0.15) is 27.6 Å². The van der Waals surface area contributed by atoms with E-state index in [0.717, 1.165) is 31.0 Å². The molecule has 2 aliphatic rings. The van der Waals surface area contributed by atoms with Gasteiger partial charge in [0.2, 0.25) is 0 Å². The summed E-state index contributed by atoms with van der Waals surface area (Å²) in [6, 6.07) is 15.0. The second-order valence-corrected chi connectivity index (χ2v) is 9.89. The van der Waals surface area contributed by atoms with Gasteiger partial charge in [-0.05, 0) is 37.3 Å². The van der Waals surface area contributed by atoms with Crippen LogP contribution < -0.4 is 19.9 Å². The fourth-order valence-electron chi connectivity index (χ4n) is 5.15. The molecule has 3 heterocycles. The fourth-order valence-corrected chi connectivity index (χ4v) is 5.15. The Hall–Kier alpha value is -4.15. The number of methoxy groups -OCH3 is 1. The van der Waals surface area contributed by atoms with Crippen LogP contribution in [0.2, 0.25) is 0 Å². The molecule has 10 heteroatoms. The molecule has 0 saturated carbocycles. The standard InChI is InChI=1S/C30H36N6O4/c1-5-40-27-18-21(29(37)36-14-12-35(13-15-36)16-17-39-4)10-11-23(27)32-28-19-25-26(20-31-28)34(3)30(38)22-8-6-7-9-24(22)33(25)2/h6-11,18-20H,5,12-17H2,1-4H3,(H,31,32). The molecule has 0 aliphatic carbocycles. The summed E-state index contributed by atoms with van der Waals surface area (Å²) in [7, 11) is 5.40. The summed E-state index contributed by atoms with van der Waals surface area (Å²) < 4.78 is 11.1. The van der Waals surface area contributed by atoms with Crippen LogP contribution in [0, 0.1) is 0 Å². The zero-order valence-electron chi connectivity index (χ0n) is 23.5. The van der Waals surface area contributed by atoms with Crippen LogP contribution >= 0.6 is 0 Å². The number of nitrogens with one attached hydrogen (secondary N) is 1. The van der Waals surface area contributed by atoms with Crippen LogP contribution in [0.5, 0.6) is 5.75 Å². The van der Waals surface area contributed by atoms with Crippen LogP contribution in [0.3, 0.4) is 0 Å². The van der Waals surface area contributed by atoms with Gasteiger partial charge < -0.3 is 29.5 Å². The number of hydrogen-bond acceptors (Lipinski definition) is 8. The Morgan fingerprint density at radius 1 is 0.975 bits per heavy atom. The number of fused-ring (bicyclic) bond motifs is 2. The van der Waals surface area contributed by atoms with Gasteiger partial charge in [0.05, 0.1) is 47.7 Å². The summed E-state index contributed by atoms with van der Waals surface area (Å²) in [4.78, 5) is 38.8. The first-order valence-corrected chi connectivity index (χ1v) is 13.6. The van der Waals surface area contributed by atoms with E-state index in [2.05, 4.69) is 15.2 Å². The summed E-state index contributed by atoms with van der Waals surface area (Å²) in [5.41, 5.74) is 4.30. The SMILES string of the molecule is CCOc1cc(C(=O)N2CCN(CCOC)CC2)ccc1Nc1cc2c(cn1)N(C)C(=O)c1ccccc1N2C. The number of piperazine rings is 1. The number of hydrogen-bond donors (Lipinski definition) is 1. The number of rotatable bonds is 8. The molecule has 0 spiro atoms. The maximum absolute atomic E-state index is 13.3. The van der Waals surface area contributed by atoms with Crippen LogP contribution in [0.15, 0.2) is 54.7 Å². The predicted octanol–water partition coefficient (Wildman–Crippen LogP) is 3.99. The van der Waals surface area contributed by atoms with E-state index < -0.39 is 0 Å². The maximum atomic E-state index is 13.3. The van der Waals surface area contributed by atoms with Crippen molar-refractivity contribution < 1.29 is 19.1 Å². The number of carbonyl (C=O) groups excluding carboxylic acids is 2. The molecule has 1 aromatic heterocycles. The molecule has 2 aromatic carbocycles. The molecule has 1 fully saturated rings. The minimum Gasteiger partial charge on any atom is -0.492 e. The van der Waals surface area contributed by atoms with Crippen molar-refractivity contribution in [3.05, 3.63) is 65.9 Å². The monoisotopic (exact) mass is 544 g/mol.